The maximum absolute atomic E-state index is 9.35. The Morgan fingerprint density at radius 3 is 2.41 bits per heavy atom. The number of hydrogen-bond acceptors (Lipinski definition) is 4. The minimum atomic E-state index is 0.652. The highest BCUT2D eigenvalue weighted by molar-refractivity contribution is 5.90. The Morgan fingerprint density at radius 2 is 1.70 bits per heavy atom. The van der Waals surface area contributed by atoms with E-state index in [1.807, 2.05) is 66.7 Å². The second-order valence-corrected chi connectivity index (χ2v) is 5.93. The third-order valence-corrected chi connectivity index (χ3v) is 4.32. The standard InChI is InChI=1S/C23H20N2O2/c1-26-22-11-10-17(15-23(22)27-2)19-8-3-4-9-21(19)20(12-13-24)16-6-5-7-18(25)14-16/h3-12,14-15H,25H2,1-2H3. The largest absolute Gasteiger partial charge is 0.493 e. The fourth-order valence-corrected chi connectivity index (χ4v) is 3.06. The van der Waals surface area contributed by atoms with Gasteiger partial charge in [-0.05, 0) is 46.5 Å². The molecule has 0 spiro atoms. The quantitative estimate of drug-likeness (QED) is 0.521. The highest BCUT2D eigenvalue weighted by atomic mass is 16.5. The van der Waals surface area contributed by atoms with Crippen LogP contribution in [0.15, 0.2) is 72.8 Å². The second kappa shape index (κ2) is 8.11. The van der Waals surface area contributed by atoms with Crippen LogP contribution in [0.4, 0.5) is 5.69 Å². The fraction of sp³-hybridized carbons (Fsp3) is 0.0870. The van der Waals surface area contributed by atoms with Crippen molar-refractivity contribution in [3.05, 3.63) is 83.9 Å². The van der Waals surface area contributed by atoms with Gasteiger partial charge < -0.3 is 15.2 Å². The van der Waals surface area contributed by atoms with Crippen LogP contribution in [0, 0.1) is 11.3 Å². The van der Waals surface area contributed by atoms with Crippen LogP contribution in [-0.4, -0.2) is 14.2 Å². The van der Waals surface area contributed by atoms with Crippen molar-refractivity contribution < 1.29 is 9.47 Å². The average molecular weight is 356 g/mol. The number of allylic oxidation sites excluding steroid dienone is 1. The van der Waals surface area contributed by atoms with E-state index in [4.69, 9.17) is 15.2 Å². The summed E-state index contributed by atoms with van der Waals surface area (Å²) >= 11 is 0. The Hall–Kier alpha value is -3.71. The number of nitrogen functional groups attached to an aromatic ring is 1. The zero-order valence-electron chi connectivity index (χ0n) is 15.3. The van der Waals surface area contributed by atoms with Gasteiger partial charge in [-0.15, -0.1) is 0 Å². The molecule has 3 aromatic carbocycles. The molecule has 0 saturated carbocycles. The van der Waals surface area contributed by atoms with Crippen molar-refractivity contribution in [3.63, 3.8) is 0 Å². The van der Waals surface area contributed by atoms with Gasteiger partial charge in [0.05, 0.1) is 20.3 Å². The van der Waals surface area contributed by atoms with Gasteiger partial charge in [-0.1, -0.05) is 42.5 Å². The van der Waals surface area contributed by atoms with Gasteiger partial charge in [-0.2, -0.15) is 5.26 Å². The molecule has 0 bridgehead atoms. The van der Waals surface area contributed by atoms with Gasteiger partial charge in [0, 0.05) is 17.3 Å². The second-order valence-electron chi connectivity index (χ2n) is 5.93. The van der Waals surface area contributed by atoms with Crippen LogP contribution in [-0.2, 0) is 0 Å². The maximum atomic E-state index is 9.35. The summed E-state index contributed by atoms with van der Waals surface area (Å²) in [5.41, 5.74) is 11.2. The van der Waals surface area contributed by atoms with Gasteiger partial charge in [0.25, 0.3) is 0 Å². The molecule has 0 aliphatic carbocycles. The number of hydrogen-bond donors (Lipinski definition) is 1. The van der Waals surface area contributed by atoms with Crippen molar-refractivity contribution in [1.82, 2.24) is 0 Å². The van der Waals surface area contributed by atoms with E-state index in [0.717, 1.165) is 27.8 Å². The highest BCUT2D eigenvalue weighted by Gasteiger charge is 2.14. The summed E-state index contributed by atoms with van der Waals surface area (Å²) in [5.74, 6) is 1.32. The first-order valence-electron chi connectivity index (χ1n) is 8.45. The number of ether oxygens (including phenoxy) is 2. The van der Waals surface area contributed by atoms with E-state index in [9.17, 15) is 5.26 Å². The number of nitrogens with two attached hydrogens (primary N) is 1. The summed E-state index contributed by atoms with van der Waals surface area (Å²) in [4.78, 5) is 0. The Balaban J connectivity index is 2.19. The molecule has 0 unspecified atom stereocenters. The topological polar surface area (TPSA) is 68.3 Å². The first kappa shape index (κ1) is 18.1. The van der Waals surface area contributed by atoms with E-state index in [1.54, 1.807) is 20.3 Å². The molecule has 0 aromatic heterocycles. The number of benzene rings is 3. The lowest BCUT2D eigenvalue weighted by Crippen LogP contribution is -1.95. The van der Waals surface area contributed by atoms with Gasteiger partial charge in [-0.3, -0.25) is 0 Å². The molecule has 134 valence electrons. The molecule has 3 rings (SSSR count). The Morgan fingerprint density at radius 1 is 0.926 bits per heavy atom. The molecule has 0 fully saturated rings. The van der Waals surface area contributed by atoms with E-state index in [0.29, 0.717) is 17.2 Å². The number of nitriles is 1. The van der Waals surface area contributed by atoms with Crippen molar-refractivity contribution in [2.75, 3.05) is 20.0 Å². The molecule has 3 aromatic rings. The van der Waals surface area contributed by atoms with E-state index in [-0.39, 0.29) is 0 Å². The summed E-state index contributed by atoms with van der Waals surface area (Å²) in [6.45, 7) is 0. The summed E-state index contributed by atoms with van der Waals surface area (Å²) in [7, 11) is 3.22. The summed E-state index contributed by atoms with van der Waals surface area (Å²) in [6.07, 6.45) is 1.55. The van der Waals surface area contributed by atoms with Crippen LogP contribution < -0.4 is 15.2 Å². The monoisotopic (exact) mass is 356 g/mol. The lowest BCUT2D eigenvalue weighted by molar-refractivity contribution is 0.355. The maximum Gasteiger partial charge on any atom is 0.161 e. The van der Waals surface area contributed by atoms with E-state index in [2.05, 4.69) is 6.07 Å². The smallest absolute Gasteiger partial charge is 0.161 e. The molecular formula is C23H20N2O2. The lowest BCUT2D eigenvalue weighted by Gasteiger charge is -2.15. The van der Waals surface area contributed by atoms with Crippen LogP contribution in [0.3, 0.4) is 0 Å². The van der Waals surface area contributed by atoms with Crippen molar-refractivity contribution >= 4 is 11.3 Å². The highest BCUT2D eigenvalue weighted by Crippen LogP contribution is 2.37. The lowest BCUT2D eigenvalue weighted by atomic mass is 9.90. The van der Waals surface area contributed by atoms with Crippen LogP contribution in [0.25, 0.3) is 16.7 Å². The van der Waals surface area contributed by atoms with Gasteiger partial charge in [0.15, 0.2) is 11.5 Å². The molecule has 0 aliphatic heterocycles. The number of rotatable bonds is 5. The normalized spacial score (nSPS) is 10.9. The van der Waals surface area contributed by atoms with E-state index < -0.39 is 0 Å². The molecule has 0 aliphatic rings. The van der Waals surface area contributed by atoms with Gasteiger partial charge in [0.2, 0.25) is 0 Å². The Bertz CT molecular complexity index is 1030. The zero-order valence-corrected chi connectivity index (χ0v) is 15.3. The third-order valence-electron chi connectivity index (χ3n) is 4.32. The molecule has 0 atom stereocenters. The minimum absolute atomic E-state index is 0.652. The van der Waals surface area contributed by atoms with E-state index in [1.165, 1.54) is 0 Å². The third kappa shape index (κ3) is 3.78. The molecule has 4 nitrogen and oxygen atoms in total. The summed E-state index contributed by atoms with van der Waals surface area (Å²) < 4.78 is 10.8. The molecule has 0 saturated heterocycles. The molecule has 0 heterocycles. The molecule has 2 N–H and O–H groups in total. The molecular weight excluding hydrogens is 336 g/mol. The molecule has 0 amide bonds. The first-order valence-corrected chi connectivity index (χ1v) is 8.45. The average Bonchev–Trinajstić information content (AvgIpc) is 2.71. The number of nitrogens with zero attached hydrogens (tertiary/aromatic N) is 1. The fourth-order valence-electron chi connectivity index (χ4n) is 3.06. The predicted molar refractivity (Wildman–Crippen MR) is 109 cm³/mol. The molecule has 0 radical (unpaired) electrons. The molecule has 4 heteroatoms. The minimum Gasteiger partial charge on any atom is -0.493 e. The van der Waals surface area contributed by atoms with Crippen molar-refractivity contribution in [1.29, 1.82) is 5.26 Å². The Labute approximate surface area is 159 Å². The SMILES string of the molecule is COc1ccc(-c2ccccc2C(=CC#N)c2cccc(N)c2)cc1OC. The van der Waals surface area contributed by atoms with Crippen molar-refractivity contribution in [3.8, 4) is 28.7 Å². The number of anilines is 1. The van der Waals surface area contributed by atoms with Gasteiger partial charge in [-0.25, -0.2) is 0 Å². The predicted octanol–water partition coefficient (Wildman–Crippen LogP) is 4.91. The van der Waals surface area contributed by atoms with Crippen LogP contribution in [0.5, 0.6) is 11.5 Å². The summed E-state index contributed by atoms with van der Waals surface area (Å²) in [5, 5.41) is 9.35. The van der Waals surface area contributed by atoms with Crippen LogP contribution in [0.1, 0.15) is 11.1 Å². The number of methoxy groups -OCH3 is 2. The first-order chi connectivity index (χ1) is 13.2. The molecule has 27 heavy (non-hydrogen) atoms. The summed E-state index contributed by atoms with van der Waals surface area (Å²) in [6, 6.07) is 23.4. The van der Waals surface area contributed by atoms with Gasteiger partial charge in [0.1, 0.15) is 0 Å². The zero-order chi connectivity index (χ0) is 19.2. The van der Waals surface area contributed by atoms with Crippen molar-refractivity contribution in [2.24, 2.45) is 0 Å². The van der Waals surface area contributed by atoms with E-state index >= 15 is 0 Å². The van der Waals surface area contributed by atoms with Gasteiger partial charge >= 0.3 is 0 Å². The van der Waals surface area contributed by atoms with Crippen LogP contribution in [0.2, 0.25) is 0 Å². The Kier molecular flexibility index (Phi) is 5.44. The van der Waals surface area contributed by atoms with Crippen molar-refractivity contribution in [2.45, 2.75) is 0 Å². The van der Waals surface area contributed by atoms with Crippen LogP contribution >= 0.6 is 0 Å².